The number of rotatable bonds is 3. The number of aromatic nitrogens is 4. The van der Waals surface area contributed by atoms with Gasteiger partial charge in [-0.1, -0.05) is 11.3 Å². The van der Waals surface area contributed by atoms with E-state index in [2.05, 4.69) is 20.5 Å². The highest BCUT2D eigenvalue weighted by molar-refractivity contribution is 7.17. The van der Waals surface area contributed by atoms with Crippen molar-refractivity contribution in [3.63, 3.8) is 0 Å². The van der Waals surface area contributed by atoms with Gasteiger partial charge in [-0.2, -0.15) is 0 Å². The van der Waals surface area contributed by atoms with Crippen LogP contribution in [0.4, 0.5) is 5.13 Å². The van der Waals surface area contributed by atoms with Crippen LogP contribution in [-0.4, -0.2) is 32.1 Å². The fourth-order valence-electron chi connectivity index (χ4n) is 2.50. The van der Waals surface area contributed by atoms with Crippen LogP contribution in [0.25, 0.3) is 4.96 Å². The van der Waals surface area contributed by atoms with Crippen LogP contribution in [-0.2, 0) is 4.74 Å². The van der Waals surface area contributed by atoms with E-state index in [1.54, 1.807) is 6.20 Å². The summed E-state index contributed by atoms with van der Waals surface area (Å²) in [5.41, 5.74) is -0.426. The lowest BCUT2D eigenvalue weighted by molar-refractivity contribution is 0.102. The molecule has 1 amide bonds. The third kappa shape index (κ3) is 2.72. The number of aryl methyl sites for hydroxylation is 1. The van der Waals surface area contributed by atoms with E-state index >= 15 is 0 Å². The number of carbonyl (C=O) groups is 1. The van der Waals surface area contributed by atoms with Crippen molar-refractivity contribution in [1.82, 2.24) is 19.6 Å². The molecule has 10 heteroatoms. The zero-order valence-corrected chi connectivity index (χ0v) is 14.3. The maximum absolute atomic E-state index is 12.4. The Morgan fingerprint density at radius 3 is 3.08 bits per heavy atom. The van der Waals surface area contributed by atoms with Gasteiger partial charge >= 0.3 is 0 Å². The monoisotopic (exact) mass is 363 g/mol. The smallest absolute Gasteiger partial charge is 0.271 e. The summed E-state index contributed by atoms with van der Waals surface area (Å²) in [6, 6.07) is 0. The van der Waals surface area contributed by atoms with Crippen LogP contribution in [0.5, 0.6) is 0 Å². The van der Waals surface area contributed by atoms with Crippen molar-refractivity contribution in [1.29, 1.82) is 0 Å². The average molecular weight is 363 g/mol. The van der Waals surface area contributed by atoms with Crippen molar-refractivity contribution >= 4 is 38.7 Å². The first-order chi connectivity index (χ1) is 11.6. The van der Waals surface area contributed by atoms with Gasteiger partial charge in [-0.15, -0.1) is 21.5 Å². The third-order valence-electron chi connectivity index (χ3n) is 3.63. The minimum atomic E-state index is -0.541. The molecule has 24 heavy (non-hydrogen) atoms. The van der Waals surface area contributed by atoms with Crippen molar-refractivity contribution in [3.05, 3.63) is 38.2 Å². The summed E-state index contributed by atoms with van der Waals surface area (Å²) < 4.78 is 6.93. The normalized spacial score (nSPS) is 17.5. The van der Waals surface area contributed by atoms with Crippen LogP contribution in [0, 0.1) is 6.92 Å². The summed E-state index contributed by atoms with van der Waals surface area (Å²) in [4.78, 5) is 30.4. The molecule has 1 aliphatic heterocycles. The first kappa shape index (κ1) is 15.4. The number of ether oxygens (including phenoxy) is 1. The lowest BCUT2D eigenvalue weighted by atomic mass is 10.2. The fourth-order valence-corrected chi connectivity index (χ4v) is 4.11. The van der Waals surface area contributed by atoms with E-state index in [1.807, 2.05) is 6.92 Å². The van der Waals surface area contributed by atoms with E-state index in [0.717, 1.165) is 22.7 Å². The molecule has 4 heterocycles. The molecule has 124 valence electrons. The lowest BCUT2D eigenvalue weighted by Crippen LogP contribution is -2.25. The summed E-state index contributed by atoms with van der Waals surface area (Å²) >= 11 is 2.65. The Kier molecular flexibility index (Phi) is 3.87. The quantitative estimate of drug-likeness (QED) is 0.764. The highest BCUT2D eigenvalue weighted by Crippen LogP contribution is 2.31. The van der Waals surface area contributed by atoms with Crippen molar-refractivity contribution in [2.45, 2.75) is 25.9 Å². The highest BCUT2D eigenvalue weighted by atomic mass is 32.1. The Bertz CT molecular complexity index is 970. The largest absolute Gasteiger partial charge is 0.371 e. The average Bonchev–Trinajstić information content (AvgIpc) is 3.26. The molecule has 3 aromatic rings. The molecule has 0 saturated carbocycles. The number of fused-ring (bicyclic) bond motifs is 1. The molecule has 4 rings (SSSR count). The number of amides is 1. The molecule has 8 nitrogen and oxygen atoms in total. The minimum absolute atomic E-state index is 0.0285. The van der Waals surface area contributed by atoms with Gasteiger partial charge in [0.15, 0.2) is 4.96 Å². The molecule has 0 aromatic carbocycles. The van der Waals surface area contributed by atoms with Crippen molar-refractivity contribution in [3.8, 4) is 0 Å². The van der Waals surface area contributed by atoms with Gasteiger partial charge in [0.2, 0.25) is 5.13 Å². The molecule has 0 radical (unpaired) electrons. The van der Waals surface area contributed by atoms with E-state index in [0.29, 0.717) is 16.7 Å². The number of nitrogens with one attached hydrogen (secondary N) is 1. The van der Waals surface area contributed by atoms with Gasteiger partial charge in [-0.25, -0.2) is 4.98 Å². The Morgan fingerprint density at radius 2 is 2.29 bits per heavy atom. The van der Waals surface area contributed by atoms with Crippen LogP contribution in [0.15, 0.2) is 17.2 Å². The maximum atomic E-state index is 12.4. The zero-order valence-electron chi connectivity index (χ0n) is 12.7. The molecule has 1 N–H and O–H groups in total. The van der Waals surface area contributed by atoms with E-state index in [-0.39, 0.29) is 11.7 Å². The summed E-state index contributed by atoms with van der Waals surface area (Å²) in [6.07, 6.45) is 4.82. The van der Waals surface area contributed by atoms with Crippen molar-refractivity contribution in [2.24, 2.45) is 0 Å². The van der Waals surface area contributed by atoms with Gasteiger partial charge < -0.3 is 4.74 Å². The van der Waals surface area contributed by atoms with E-state index < -0.39 is 11.5 Å². The van der Waals surface area contributed by atoms with Crippen LogP contribution in [0.3, 0.4) is 0 Å². The van der Waals surface area contributed by atoms with Gasteiger partial charge in [-0.05, 0) is 19.8 Å². The predicted molar refractivity (Wildman–Crippen MR) is 89.9 cm³/mol. The molecule has 1 saturated heterocycles. The Labute approximate surface area is 144 Å². The standard InChI is InChI=1S/C14H13N5O3S2/c1-7-6-19-12(21)8(5-15-14(19)23-7)10(20)16-13-18-17-11(24-13)9-3-2-4-22-9/h5-6,9H,2-4H2,1H3,(H,16,18,20)/t9-/m0/s1. The summed E-state index contributed by atoms with van der Waals surface area (Å²) in [5.74, 6) is -0.541. The predicted octanol–water partition coefficient (Wildman–Crippen LogP) is 2.02. The molecular weight excluding hydrogens is 350 g/mol. The molecule has 1 atom stereocenters. The van der Waals surface area contributed by atoms with Gasteiger partial charge in [0, 0.05) is 23.9 Å². The minimum Gasteiger partial charge on any atom is -0.371 e. The van der Waals surface area contributed by atoms with Crippen molar-refractivity contribution in [2.75, 3.05) is 11.9 Å². The second-order valence-corrected chi connectivity index (χ2v) is 7.59. The van der Waals surface area contributed by atoms with Gasteiger partial charge in [0.25, 0.3) is 11.5 Å². The molecule has 1 aliphatic rings. The first-order valence-corrected chi connectivity index (χ1v) is 8.99. The second-order valence-electron chi connectivity index (χ2n) is 5.37. The van der Waals surface area contributed by atoms with Gasteiger partial charge in [0.05, 0.1) is 0 Å². The number of nitrogens with zero attached hydrogens (tertiary/aromatic N) is 4. The highest BCUT2D eigenvalue weighted by Gasteiger charge is 2.23. The Morgan fingerprint density at radius 1 is 1.42 bits per heavy atom. The molecular formula is C14H13N5O3S2. The fraction of sp³-hybridized carbons (Fsp3) is 0.357. The molecule has 3 aromatic heterocycles. The topological polar surface area (TPSA) is 98.5 Å². The second kappa shape index (κ2) is 6.04. The van der Waals surface area contributed by atoms with Gasteiger partial charge in [0.1, 0.15) is 16.7 Å². The number of hydrogen-bond acceptors (Lipinski definition) is 8. The summed E-state index contributed by atoms with van der Waals surface area (Å²) in [7, 11) is 0. The SMILES string of the molecule is Cc1cn2c(=O)c(C(=O)Nc3nnc([C@@H]4CCCO4)s3)cnc2s1. The Hall–Kier alpha value is -2.17. The lowest BCUT2D eigenvalue weighted by Gasteiger charge is -2.02. The van der Waals surface area contributed by atoms with Crippen LogP contribution >= 0.6 is 22.7 Å². The molecule has 0 unspecified atom stereocenters. The number of carbonyl (C=O) groups excluding carboxylic acids is 1. The number of thiazole rings is 1. The van der Waals surface area contributed by atoms with E-state index in [4.69, 9.17) is 4.74 Å². The van der Waals surface area contributed by atoms with Gasteiger partial charge in [-0.3, -0.25) is 19.3 Å². The Balaban J connectivity index is 1.58. The maximum Gasteiger partial charge on any atom is 0.271 e. The van der Waals surface area contributed by atoms with Crippen LogP contribution < -0.4 is 10.9 Å². The molecule has 0 bridgehead atoms. The summed E-state index contributed by atoms with van der Waals surface area (Å²) in [6.45, 7) is 2.60. The van der Waals surface area contributed by atoms with Crippen LogP contribution in [0.2, 0.25) is 0 Å². The molecule has 0 aliphatic carbocycles. The van der Waals surface area contributed by atoms with Crippen LogP contribution in [0.1, 0.15) is 39.2 Å². The van der Waals surface area contributed by atoms with E-state index in [9.17, 15) is 9.59 Å². The summed E-state index contributed by atoms with van der Waals surface area (Å²) in [5, 5.41) is 11.7. The first-order valence-electron chi connectivity index (χ1n) is 7.36. The number of anilines is 1. The molecule has 0 spiro atoms. The van der Waals surface area contributed by atoms with Crippen molar-refractivity contribution < 1.29 is 9.53 Å². The third-order valence-corrected chi connectivity index (χ3v) is 5.48. The van der Waals surface area contributed by atoms with E-state index in [1.165, 1.54) is 33.3 Å². The molecule has 1 fully saturated rings. The zero-order chi connectivity index (χ0) is 16.7. The number of hydrogen-bond donors (Lipinski definition) is 1.